The fourth-order valence-electron chi connectivity index (χ4n) is 4.21. The zero-order valence-electron chi connectivity index (χ0n) is 16.3. The molecule has 1 fully saturated rings. The number of nitrogens with one attached hydrogen (secondary N) is 1. The zero-order valence-corrected chi connectivity index (χ0v) is 17.1. The van der Waals surface area contributed by atoms with Crippen LogP contribution in [0.5, 0.6) is 0 Å². The number of nitrogens with zero attached hydrogens (tertiary/aromatic N) is 4. The van der Waals surface area contributed by atoms with E-state index in [9.17, 15) is 0 Å². The number of hydrogen-bond acceptors (Lipinski definition) is 5. The van der Waals surface area contributed by atoms with Gasteiger partial charge in [-0.3, -0.25) is 4.90 Å². The molecule has 5 nitrogen and oxygen atoms in total. The fraction of sp³-hybridized carbons (Fsp3) is 0.304. The second kappa shape index (κ2) is 7.86. The van der Waals surface area contributed by atoms with Gasteiger partial charge in [0, 0.05) is 48.8 Å². The van der Waals surface area contributed by atoms with Crippen molar-refractivity contribution in [3.63, 3.8) is 0 Å². The first-order chi connectivity index (χ1) is 14.3. The molecular formula is C23H23N5S. The van der Waals surface area contributed by atoms with E-state index < -0.39 is 0 Å². The molecule has 2 aromatic heterocycles. The van der Waals surface area contributed by atoms with E-state index in [0.29, 0.717) is 0 Å². The van der Waals surface area contributed by atoms with Crippen LogP contribution < -0.4 is 4.90 Å². The molecule has 1 saturated heterocycles. The van der Waals surface area contributed by atoms with Crippen molar-refractivity contribution < 1.29 is 0 Å². The van der Waals surface area contributed by atoms with Crippen molar-refractivity contribution in [3.8, 4) is 12.3 Å². The van der Waals surface area contributed by atoms with Gasteiger partial charge in [-0.25, -0.2) is 0 Å². The van der Waals surface area contributed by atoms with Crippen molar-refractivity contribution >= 4 is 39.4 Å². The third-order valence-electron chi connectivity index (χ3n) is 5.82. The third kappa shape index (κ3) is 3.59. The van der Waals surface area contributed by atoms with Gasteiger partial charge in [-0.15, -0.1) is 6.42 Å². The molecule has 0 atom stereocenters. The molecule has 0 amide bonds. The Bertz CT molecular complexity index is 1180. The molecule has 29 heavy (non-hydrogen) atoms. The van der Waals surface area contributed by atoms with E-state index in [2.05, 4.69) is 59.8 Å². The van der Waals surface area contributed by atoms with Crippen molar-refractivity contribution in [3.05, 3.63) is 53.7 Å². The molecule has 6 heteroatoms. The number of aryl methyl sites for hydroxylation is 1. The average molecular weight is 402 g/mol. The van der Waals surface area contributed by atoms with Crippen LogP contribution in [0.4, 0.5) is 5.69 Å². The van der Waals surface area contributed by atoms with E-state index in [0.717, 1.165) is 73.1 Å². The third-order valence-corrected chi connectivity index (χ3v) is 6.36. The fourth-order valence-corrected chi connectivity index (χ4v) is 4.75. The molecule has 0 spiro atoms. The van der Waals surface area contributed by atoms with Crippen LogP contribution in [0.15, 0.2) is 42.6 Å². The molecule has 1 N–H and O–H groups in total. The summed E-state index contributed by atoms with van der Waals surface area (Å²) >= 11 is 1.29. The first kappa shape index (κ1) is 18.2. The van der Waals surface area contributed by atoms with Gasteiger partial charge < -0.3 is 9.88 Å². The molecule has 146 valence electrons. The molecule has 1 aliphatic heterocycles. The SMILES string of the molecule is C#Cc1c[nH]c2ccc(CCCN3CCN(c4cccc5nsnc45)CC3)cc12. The first-order valence-electron chi connectivity index (χ1n) is 10.1. The van der Waals surface area contributed by atoms with E-state index in [1.165, 1.54) is 23.0 Å². The molecule has 0 saturated carbocycles. The Morgan fingerprint density at radius 3 is 2.86 bits per heavy atom. The van der Waals surface area contributed by atoms with Crippen LogP contribution in [0.1, 0.15) is 17.5 Å². The number of aromatic nitrogens is 3. The lowest BCUT2D eigenvalue weighted by atomic mass is 10.1. The summed E-state index contributed by atoms with van der Waals surface area (Å²) in [5.74, 6) is 2.76. The number of fused-ring (bicyclic) bond motifs is 2. The zero-order chi connectivity index (χ0) is 19.6. The number of rotatable bonds is 5. The summed E-state index contributed by atoms with van der Waals surface area (Å²) in [4.78, 5) is 8.25. The van der Waals surface area contributed by atoms with Crippen LogP contribution in [0, 0.1) is 12.3 Å². The van der Waals surface area contributed by atoms with Gasteiger partial charge in [0.1, 0.15) is 11.0 Å². The molecule has 0 radical (unpaired) electrons. The van der Waals surface area contributed by atoms with Crippen LogP contribution in [0.25, 0.3) is 21.9 Å². The summed E-state index contributed by atoms with van der Waals surface area (Å²) in [6.45, 7) is 5.39. The number of benzene rings is 2. The van der Waals surface area contributed by atoms with E-state index >= 15 is 0 Å². The molecule has 0 unspecified atom stereocenters. The highest BCUT2D eigenvalue weighted by Gasteiger charge is 2.19. The quantitative estimate of drug-likeness (QED) is 0.515. The van der Waals surface area contributed by atoms with E-state index in [4.69, 9.17) is 6.42 Å². The number of H-pyrrole nitrogens is 1. The Labute approximate surface area is 174 Å². The van der Waals surface area contributed by atoms with Gasteiger partial charge in [0.15, 0.2) is 0 Å². The molecule has 3 heterocycles. The Morgan fingerprint density at radius 1 is 1.10 bits per heavy atom. The van der Waals surface area contributed by atoms with Gasteiger partial charge in [-0.1, -0.05) is 18.1 Å². The normalized spacial score (nSPS) is 15.2. The number of terminal acetylenes is 1. The van der Waals surface area contributed by atoms with E-state index in [1.807, 2.05) is 12.3 Å². The summed E-state index contributed by atoms with van der Waals surface area (Å²) in [7, 11) is 0. The summed E-state index contributed by atoms with van der Waals surface area (Å²) in [5.41, 5.74) is 6.68. The van der Waals surface area contributed by atoms with Crippen LogP contribution in [0.3, 0.4) is 0 Å². The lowest BCUT2D eigenvalue weighted by molar-refractivity contribution is 0.255. The summed E-state index contributed by atoms with van der Waals surface area (Å²) in [6.07, 6.45) is 9.75. The maximum absolute atomic E-state index is 5.60. The molecule has 0 aliphatic carbocycles. The Hall–Kier alpha value is -2.88. The maximum Gasteiger partial charge on any atom is 0.128 e. The van der Waals surface area contributed by atoms with Gasteiger partial charge in [0.05, 0.1) is 17.4 Å². The lowest BCUT2D eigenvalue weighted by Crippen LogP contribution is -2.46. The van der Waals surface area contributed by atoms with Crippen molar-refractivity contribution in [2.75, 3.05) is 37.6 Å². The summed E-state index contributed by atoms with van der Waals surface area (Å²) in [6, 6.07) is 12.9. The Balaban J connectivity index is 1.16. The van der Waals surface area contributed by atoms with E-state index in [1.54, 1.807) is 0 Å². The topological polar surface area (TPSA) is 48.1 Å². The largest absolute Gasteiger partial charge is 0.367 e. The van der Waals surface area contributed by atoms with Crippen molar-refractivity contribution in [1.82, 2.24) is 18.6 Å². The first-order valence-corrected chi connectivity index (χ1v) is 10.8. The highest BCUT2D eigenvalue weighted by Crippen LogP contribution is 2.26. The standard InChI is InChI=1S/C23H23N5S/c1-2-18-16-24-20-9-8-17(15-19(18)20)5-4-10-27-11-13-28(14-12-27)22-7-3-6-21-23(22)26-29-25-21/h1,3,6-9,15-16,24H,4-5,10-14H2. The lowest BCUT2D eigenvalue weighted by Gasteiger charge is -2.36. The number of anilines is 1. The van der Waals surface area contributed by atoms with Crippen molar-refractivity contribution in [1.29, 1.82) is 0 Å². The summed E-state index contributed by atoms with van der Waals surface area (Å²) < 4.78 is 8.85. The second-order valence-corrected chi connectivity index (χ2v) is 8.10. The minimum absolute atomic E-state index is 0.948. The average Bonchev–Trinajstić information content (AvgIpc) is 3.40. The van der Waals surface area contributed by atoms with Crippen LogP contribution >= 0.6 is 11.7 Å². The van der Waals surface area contributed by atoms with Crippen LogP contribution in [-0.2, 0) is 6.42 Å². The number of aromatic amines is 1. The van der Waals surface area contributed by atoms with E-state index in [-0.39, 0.29) is 0 Å². The maximum atomic E-state index is 5.60. The predicted molar refractivity (Wildman–Crippen MR) is 121 cm³/mol. The molecule has 5 rings (SSSR count). The van der Waals surface area contributed by atoms with Crippen LogP contribution in [0.2, 0.25) is 0 Å². The van der Waals surface area contributed by atoms with Gasteiger partial charge >= 0.3 is 0 Å². The summed E-state index contributed by atoms with van der Waals surface area (Å²) in [5, 5.41) is 1.16. The van der Waals surface area contributed by atoms with Gasteiger partial charge in [-0.05, 0) is 49.2 Å². The minimum Gasteiger partial charge on any atom is -0.367 e. The predicted octanol–water partition coefficient (Wildman–Crippen LogP) is 3.91. The van der Waals surface area contributed by atoms with Gasteiger partial charge in [0.25, 0.3) is 0 Å². The number of piperazine rings is 1. The smallest absolute Gasteiger partial charge is 0.128 e. The molecule has 4 aromatic rings. The molecule has 1 aliphatic rings. The highest BCUT2D eigenvalue weighted by molar-refractivity contribution is 7.00. The van der Waals surface area contributed by atoms with Crippen LogP contribution in [-0.4, -0.2) is 51.4 Å². The van der Waals surface area contributed by atoms with Gasteiger partial charge in [-0.2, -0.15) is 8.75 Å². The Kier molecular flexibility index (Phi) is 4.92. The highest BCUT2D eigenvalue weighted by atomic mass is 32.1. The molecule has 0 bridgehead atoms. The number of hydrogen-bond donors (Lipinski definition) is 1. The molecule has 2 aromatic carbocycles. The van der Waals surface area contributed by atoms with Crippen molar-refractivity contribution in [2.45, 2.75) is 12.8 Å². The van der Waals surface area contributed by atoms with Crippen molar-refractivity contribution in [2.24, 2.45) is 0 Å². The minimum atomic E-state index is 0.948. The monoisotopic (exact) mass is 401 g/mol. The second-order valence-electron chi connectivity index (χ2n) is 7.57. The Morgan fingerprint density at radius 2 is 2.00 bits per heavy atom. The van der Waals surface area contributed by atoms with Gasteiger partial charge in [0.2, 0.25) is 0 Å². The molecular weight excluding hydrogens is 378 g/mol.